The van der Waals surface area contributed by atoms with Gasteiger partial charge in [0, 0.05) is 32.1 Å². The van der Waals surface area contributed by atoms with E-state index in [-0.39, 0.29) is 18.7 Å². The summed E-state index contributed by atoms with van der Waals surface area (Å²) in [4.78, 5) is 21.6. The monoisotopic (exact) mass is 469 g/mol. The maximum atomic E-state index is 11.3. The first-order chi connectivity index (χ1) is 15.2. The van der Waals surface area contributed by atoms with Gasteiger partial charge in [-0.3, -0.25) is 9.59 Å². The molecule has 1 amide bonds. The molecule has 0 spiro atoms. The van der Waals surface area contributed by atoms with Crippen LogP contribution in [-0.2, 0) is 33.3 Å². The SMILES string of the molecule is O=C(O)CCC(=O)NCCCOCCOCCOCCOCCOCCCCCCCl. The Morgan fingerprint density at radius 2 is 1.06 bits per heavy atom. The molecule has 0 saturated carbocycles. The first-order valence-corrected chi connectivity index (χ1v) is 11.6. The first-order valence-electron chi connectivity index (χ1n) is 11.1. The molecular formula is C21H40ClNO8. The third-order valence-electron chi connectivity index (χ3n) is 4.01. The van der Waals surface area contributed by atoms with Crippen molar-refractivity contribution in [2.45, 2.75) is 44.9 Å². The van der Waals surface area contributed by atoms with E-state index in [1.165, 1.54) is 0 Å². The molecule has 0 heterocycles. The van der Waals surface area contributed by atoms with Gasteiger partial charge in [-0.05, 0) is 19.3 Å². The molecule has 0 aromatic carbocycles. The number of amides is 1. The van der Waals surface area contributed by atoms with Crippen molar-refractivity contribution in [1.82, 2.24) is 5.32 Å². The lowest BCUT2D eigenvalue weighted by Gasteiger charge is -2.08. The van der Waals surface area contributed by atoms with E-state index in [0.717, 1.165) is 38.2 Å². The minimum Gasteiger partial charge on any atom is -0.481 e. The number of ether oxygens (including phenoxy) is 5. The Kier molecular flexibility index (Phi) is 24.5. The maximum Gasteiger partial charge on any atom is 0.303 e. The molecule has 0 aliphatic carbocycles. The van der Waals surface area contributed by atoms with E-state index in [4.69, 9.17) is 40.4 Å². The number of hydrogen-bond acceptors (Lipinski definition) is 7. The summed E-state index contributed by atoms with van der Waals surface area (Å²) in [6.45, 7) is 5.95. The molecule has 31 heavy (non-hydrogen) atoms. The van der Waals surface area contributed by atoms with Gasteiger partial charge in [0.15, 0.2) is 0 Å². The molecule has 184 valence electrons. The second-order valence-corrected chi connectivity index (χ2v) is 7.14. The molecule has 0 aliphatic heterocycles. The maximum absolute atomic E-state index is 11.3. The Morgan fingerprint density at radius 1 is 0.613 bits per heavy atom. The molecule has 0 saturated heterocycles. The van der Waals surface area contributed by atoms with Crippen molar-refractivity contribution in [3.8, 4) is 0 Å². The third-order valence-corrected chi connectivity index (χ3v) is 4.28. The zero-order valence-corrected chi connectivity index (χ0v) is 19.4. The number of nitrogens with one attached hydrogen (secondary N) is 1. The average molecular weight is 470 g/mol. The molecule has 0 unspecified atom stereocenters. The van der Waals surface area contributed by atoms with Crippen LogP contribution in [0.3, 0.4) is 0 Å². The number of carboxylic acids is 1. The summed E-state index contributed by atoms with van der Waals surface area (Å²) in [6, 6.07) is 0. The fourth-order valence-electron chi connectivity index (χ4n) is 2.34. The van der Waals surface area contributed by atoms with Crippen LogP contribution in [0.5, 0.6) is 0 Å². The minimum absolute atomic E-state index is 0.00273. The molecule has 9 nitrogen and oxygen atoms in total. The molecule has 0 rings (SSSR count). The van der Waals surface area contributed by atoms with Gasteiger partial charge in [0.1, 0.15) is 0 Å². The van der Waals surface area contributed by atoms with Crippen molar-refractivity contribution >= 4 is 23.5 Å². The number of rotatable bonds is 25. The van der Waals surface area contributed by atoms with Crippen LogP contribution in [0, 0.1) is 0 Å². The fourth-order valence-corrected chi connectivity index (χ4v) is 2.53. The number of halogens is 1. The predicted octanol–water partition coefficient (Wildman–Crippen LogP) is 2.24. The molecule has 0 aromatic heterocycles. The molecule has 0 aromatic rings. The Bertz CT molecular complexity index is 415. The van der Waals surface area contributed by atoms with Crippen LogP contribution >= 0.6 is 11.6 Å². The minimum atomic E-state index is -0.974. The zero-order chi connectivity index (χ0) is 22.8. The molecule has 10 heteroatoms. The summed E-state index contributed by atoms with van der Waals surface area (Å²) < 4.78 is 27.1. The molecule has 0 aliphatic rings. The lowest BCUT2D eigenvalue weighted by atomic mass is 10.2. The van der Waals surface area contributed by atoms with E-state index in [1.807, 2.05) is 0 Å². The van der Waals surface area contributed by atoms with Gasteiger partial charge in [-0.2, -0.15) is 0 Å². The third kappa shape index (κ3) is 27.0. The van der Waals surface area contributed by atoms with Gasteiger partial charge >= 0.3 is 5.97 Å². The average Bonchev–Trinajstić information content (AvgIpc) is 2.75. The second-order valence-electron chi connectivity index (χ2n) is 6.76. The highest BCUT2D eigenvalue weighted by atomic mass is 35.5. The number of aliphatic carboxylic acids is 1. The van der Waals surface area contributed by atoms with Gasteiger partial charge in [0.2, 0.25) is 5.91 Å². The highest BCUT2D eigenvalue weighted by molar-refractivity contribution is 6.17. The summed E-state index contributed by atoms with van der Waals surface area (Å²) in [7, 11) is 0. The van der Waals surface area contributed by atoms with Crippen molar-refractivity contribution in [3.05, 3.63) is 0 Å². The van der Waals surface area contributed by atoms with Gasteiger partial charge in [0.05, 0.1) is 59.3 Å². The molecular weight excluding hydrogens is 430 g/mol. The summed E-state index contributed by atoms with van der Waals surface area (Å²) >= 11 is 5.62. The summed E-state index contributed by atoms with van der Waals surface area (Å²) in [5.74, 6) is -0.492. The molecule has 0 atom stereocenters. The van der Waals surface area contributed by atoms with E-state index in [1.54, 1.807) is 0 Å². The zero-order valence-electron chi connectivity index (χ0n) is 18.6. The number of carboxylic acid groups (broad SMARTS) is 1. The Balaban J connectivity index is 3.08. The second kappa shape index (κ2) is 25.3. The van der Waals surface area contributed by atoms with E-state index in [9.17, 15) is 9.59 Å². The van der Waals surface area contributed by atoms with E-state index >= 15 is 0 Å². The highest BCUT2D eigenvalue weighted by Crippen LogP contribution is 2.01. The Hall–Kier alpha value is -0.970. The van der Waals surface area contributed by atoms with E-state index in [0.29, 0.717) is 72.4 Å². The predicted molar refractivity (Wildman–Crippen MR) is 118 cm³/mol. The summed E-state index contributed by atoms with van der Waals surface area (Å²) in [5.41, 5.74) is 0. The quantitative estimate of drug-likeness (QED) is 0.155. The van der Waals surface area contributed by atoms with Crippen molar-refractivity contribution in [2.24, 2.45) is 0 Å². The lowest BCUT2D eigenvalue weighted by molar-refractivity contribution is -0.138. The fraction of sp³-hybridized carbons (Fsp3) is 0.905. The molecule has 0 bridgehead atoms. The lowest BCUT2D eigenvalue weighted by Crippen LogP contribution is -2.25. The molecule has 0 fully saturated rings. The normalized spacial score (nSPS) is 11.0. The van der Waals surface area contributed by atoms with Crippen molar-refractivity contribution < 1.29 is 38.4 Å². The van der Waals surface area contributed by atoms with Crippen LogP contribution in [0.2, 0.25) is 0 Å². The standard InChI is InChI=1S/C21H40ClNO8/c22-8-3-1-2-4-10-27-12-14-29-16-18-31-19-17-30-15-13-28-11-5-9-23-20(24)6-7-21(25)26/h1-19H2,(H,23,24)(H,25,26). The van der Waals surface area contributed by atoms with Crippen LogP contribution < -0.4 is 5.32 Å². The number of hydrogen-bond donors (Lipinski definition) is 2. The molecule has 0 radical (unpaired) electrons. The topological polar surface area (TPSA) is 113 Å². The molecule has 2 N–H and O–H groups in total. The van der Waals surface area contributed by atoms with Crippen LogP contribution in [0.15, 0.2) is 0 Å². The highest BCUT2D eigenvalue weighted by Gasteiger charge is 2.04. The first kappa shape index (κ1) is 30.0. The van der Waals surface area contributed by atoms with Gasteiger partial charge in [-0.15, -0.1) is 11.6 Å². The van der Waals surface area contributed by atoms with Crippen molar-refractivity contribution in [2.75, 3.05) is 78.5 Å². The Morgan fingerprint density at radius 3 is 1.55 bits per heavy atom. The smallest absolute Gasteiger partial charge is 0.303 e. The van der Waals surface area contributed by atoms with Gasteiger partial charge < -0.3 is 34.1 Å². The van der Waals surface area contributed by atoms with Gasteiger partial charge in [0.25, 0.3) is 0 Å². The number of carbonyl (C=O) groups is 2. The summed E-state index contributed by atoms with van der Waals surface area (Å²) in [5, 5.41) is 11.1. The number of carbonyl (C=O) groups excluding carboxylic acids is 1. The van der Waals surface area contributed by atoms with Gasteiger partial charge in [-0.1, -0.05) is 12.8 Å². The van der Waals surface area contributed by atoms with Crippen molar-refractivity contribution in [3.63, 3.8) is 0 Å². The number of alkyl halides is 1. The van der Waals surface area contributed by atoms with E-state index in [2.05, 4.69) is 5.32 Å². The van der Waals surface area contributed by atoms with Crippen LogP contribution in [0.25, 0.3) is 0 Å². The van der Waals surface area contributed by atoms with Crippen LogP contribution in [-0.4, -0.2) is 95.5 Å². The van der Waals surface area contributed by atoms with Crippen molar-refractivity contribution in [1.29, 1.82) is 0 Å². The largest absolute Gasteiger partial charge is 0.481 e. The van der Waals surface area contributed by atoms with E-state index < -0.39 is 5.97 Å². The van der Waals surface area contributed by atoms with Gasteiger partial charge in [-0.25, -0.2) is 0 Å². The number of unbranched alkanes of at least 4 members (excludes halogenated alkanes) is 3. The van der Waals surface area contributed by atoms with Crippen LogP contribution in [0.4, 0.5) is 0 Å². The Labute approximate surface area is 191 Å². The van der Waals surface area contributed by atoms with Crippen LogP contribution in [0.1, 0.15) is 44.9 Å². The summed E-state index contributed by atoms with van der Waals surface area (Å²) in [6.07, 6.45) is 4.99.